The van der Waals surface area contributed by atoms with Gasteiger partial charge in [0, 0.05) is 32.0 Å². The first kappa shape index (κ1) is 10.7. The highest BCUT2D eigenvalue weighted by Gasteiger charge is 2.47. The Kier molecular flexibility index (Phi) is 2.37. The smallest absolute Gasteiger partial charge is 0.156 e. The number of nitrogens with one attached hydrogen (secondary N) is 1. The summed E-state index contributed by atoms with van der Waals surface area (Å²) in [6.07, 6.45) is 5.03. The molecule has 2 aliphatic rings. The summed E-state index contributed by atoms with van der Waals surface area (Å²) in [5.41, 5.74) is -0.521. The highest BCUT2D eigenvalue weighted by atomic mass is 79.9. The number of alkyl halides is 1. The van der Waals surface area contributed by atoms with Crippen LogP contribution in [0.4, 0.5) is 4.39 Å². The van der Waals surface area contributed by atoms with E-state index in [1.54, 1.807) is 10.9 Å². The van der Waals surface area contributed by atoms with Gasteiger partial charge in [-0.25, -0.2) is 4.39 Å². The Bertz CT molecular complexity index is 386. The van der Waals surface area contributed by atoms with Crippen LogP contribution in [0.3, 0.4) is 0 Å². The molecule has 1 N–H and O–H groups in total. The zero-order valence-corrected chi connectivity index (χ0v) is 10.8. The molecular formula is C11H15BrFN3. The van der Waals surface area contributed by atoms with Gasteiger partial charge >= 0.3 is 0 Å². The van der Waals surface area contributed by atoms with Crippen molar-refractivity contribution in [1.82, 2.24) is 15.1 Å². The number of halogens is 2. The topological polar surface area (TPSA) is 29.9 Å². The van der Waals surface area contributed by atoms with Gasteiger partial charge in [0.15, 0.2) is 5.67 Å². The molecule has 16 heavy (non-hydrogen) atoms. The highest BCUT2D eigenvalue weighted by molar-refractivity contribution is 9.10. The molecule has 2 unspecified atom stereocenters. The van der Waals surface area contributed by atoms with Crippen molar-refractivity contribution in [2.75, 3.05) is 0 Å². The van der Waals surface area contributed by atoms with E-state index in [4.69, 9.17) is 0 Å². The Labute approximate surface area is 103 Å². The number of piperidine rings is 1. The van der Waals surface area contributed by atoms with Crippen LogP contribution >= 0.6 is 15.9 Å². The molecule has 1 aromatic rings. The molecule has 3 heterocycles. The maximum atomic E-state index is 15.1. The molecule has 88 valence electrons. The monoisotopic (exact) mass is 287 g/mol. The summed E-state index contributed by atoms with van der Waals surface area (Å²) in [6, 6.07) is 0.677. The fourth-order valence-corrected chi connectivity index (χ4v) is 3.90. The van der Waals surface area contributed by atoms with Crippen molar-refractivity contribution in [2.24, 2.45) is 7.05 Å². The van der Waals surface area contributed by atoms with Crippen LogP contribution in [0.5, 0.6) is 0 Å². The summed E-state index contributed by atoms with van der Waals surface area (Å²) in [4.78, 5) is 0. The molecular weight excluding hydrogens is 273 g/mol. The number of aromatic nitrogens is 2. The van der Waals surface area contributed by atoms with Gasteiger partial charge in [-0.2, -0.15) is 5.10 Å². The van der Waals surface area contributed by atoms with Crippen LogP contribution < -0.4 is 5.32 Å². The van der Waals surface area contributed by atoms with Crippen LogP contribution in [0, 0.1) is 0 Å². The quantitative estimate of drug-likeness (QED) is 0.859. The fourth-order valence-electron chi connectivity index (χ4n) is 3.20. The first-order valence-electron chi connectivity index (χ1n) is 5.71. The van der Waals surface area contributed by atoms with Gasteiger partial charge < -0.3 is 5.32 Å². The molecule has 2 aliphatic heterocycles. The predicted molar refractivity (Wildman–Crippen MR) is 62.9 cm³/mol. The van der Waals surface area contributed by atoms with E-state index in [1.807, 2.05) is 7.05 Å². The summed E-state index contributed by atoms with van der Waals surface area (Å²) in [7, 11) is 1.81. The van der Waals surface area contributed by atoms with Crippen LogP contribution in [0.2, 0.25) is 0 Å². The lowest BCUT2D eigenvalue weighted by molar-refractivity contribution is 0.0775. The predicted octanol–water partition coefficient (Wildman–Crippen LogP) is 2.26. The molecule has 0 radical (unpaired) electrons. The van der Waals surface area contributed by atoms with Gasteiger partial charge in [0.25, 0.3) is 0 Å². The largest absolute Gasteiger partial charge is 0.311 e. The normalized spacial score (nSPS) is 37.9. The number of aryl methyl sites for hydroxylation is 1. The lowest BCUT2D eigenvalue weighted by Crippen LogP contribution is -2.45. The second-order valence-corrected chi connectivity index (χ2v) is 5.83. The van der Waals surface area contributed by atoms with Crippen molar-refractivity contribution in [2.45, 2.75) is 43.4 Å². The van der Waals surface area contributed by atoms with Gasteiger partial charge in [-0.1, -0.05) is 0 Å². The zero-order valence-electron chi connectivity index (χ0n) is 9.21. The zero-order chi connectivity index (χ0) is 11.3. The van der Waals surface area contributed by atoms with Gasteiger partial charge in [-0.05, 0) is 28.8 Å². The molecule has 2 atom stereocenters. The minimum Gasteiger partial charge on any atom is -0.311 e. The standard InChI is InChI=1S/C11H15BrFN3/c1-16-10(9(12)6-14-16)11(13)4-7-2-3-8(5-11)15-7/h6-8,15H,2-5H2,1H3. The molecule has 0 spiro atoms. The third-order valence-corrected chi connectivity index (χ3v) is 4.37. The van der Waals surface area contributed by atoms with E-state index in [2.05, 4.69) is 26.3 Å². The van der Waals surface area contributed by atoms with Gasteiger partial charge in [0.1, 0.15) is 0 Å². The van der Waals surface area contributed by atoms with Crippen LogP contribution in [0.1, 0.15) is 31.4 Å². The summed E-state index contributed by atoms with van der Waals surface area (Å²) in [6.45, 7) is 0. The van der Waals surface area contributed by atoms with E-state index in [0.717, 1.165) is 17.3 Å². The average molecular weight is 288 g/mol. The van der Waals surface area contributed by atoms with E-state index in [1.165, 1.54) is 0 Å². The third kappa shape index (κ3) is 1.52. The van der Waals surface area contributed by atoms with E-state index in [9.17, 15) is 0 Å². The molecule has 0 aliphatic carbocycles. The van der Waals surface area contributed by atoms with E-state index >= 15 is 4.39 Å². The van der Waals surface area contributed by atoms with Gasteiger partial charge in [0.2, 0.25) is 0 Å². The van der Waals surface area contributed by atoms with Crippen LogP contribution in [-0.2, 0) is 12.7 Å². The lowest BCUT2D eigenvalue weighted by atomic mass is 9.86. The van der Waals surface area contributed by atoms with Crippen molar-refractivity contribution in [1.29, 1.82) is 0 Å². The van der Waals surface area contributed by atoms with Gasteiger partial charge in [-0.15, -0.1) is 0 Å². The molecule has 3 nitrogen and oxygen atoms in total. The summed E-state index contributed by atoms with van der Waals surface area (Å²) in [5.74, 6) is 0. The fraction of sp³-hybridized carbons (Fsp3) is 0.727. The molecule has 0 amide bonds. The molecule has 0 aromatic carbocycles. The summed E-state index contributed by atoms with van der Waals surface area (Å²) in [5, 5.41) is 7.58. The van der Waals surface area contributed by atoms with Gasteiger partial charge in [0.05, 0.1) is 16.4 Å². The number of hydrogen-bond donors (Lipinski definition) is 1. The second-order valence-electron chi connectivity index (χ2n) is 4.98. The average Bonchev–Trinajstić information content (AvgIpc) is 2.71. The van der Waals surface area contributed by atoms with Crippen LogP contribution in [0.25, 0.3) is 0 Å². The molecule has 2 bridgehead atoms. The Morgan fingerprint density at radius 3 is 2.62 bits per heavy atom. The molecule has 1 aromatic heterocycles. The van der Waals surface area contributed by atoms with Crippen molar-refractivity contribution in [3.05, 3.63) is 16.4 Å². The third-order valence-electron chi connectivity index (χ3n) is 3.79. The molecule has 3 rings (SSSR count). The van der Waals surface area contributed by atoms with Crippen molar-refractivity contribution in [3.8, 4) is 0 Å². The first-order chi connectivity index (χ1) is 7.58. The molecule has 5 heteroatoms. The summed E-state index contributed by atoms with van der Waals surface area (Å²) < 4.78 is 17.5. The minimum atomic E-state index is -1.22. The molecule has 2 fully saturated rings. The van der Waals surface area contributed by atoms with E-state index in [-0.39, 0.29) is 0 Å². The number of hydrogen-bond acceptors (Lipinski definition) is 2. The molecule has 2 saturated heterocycles. The summed E-state index contributed by atoms with van der Waals surface area (Å²) >= 11 is 3.40. The highest BCUT2D eigenvalue weighted by Crippen LogP contribution is 2.45. The van der Waals surface area contributed by atoms with Crippen LogP contribution in [0.15, 0.2) is 10.7 Å². The SMILES string of the molecule is Cn1ncc(Br)c1C1(F)CC2CCC(C1)N2. The van der Waals surface area contributed by atoms with Crippen molar-refractivity contribution in [3.63, 3.8) is 0 Å². The minimum absolute atomic E-state index is 0.338. The van der Waals surface area contributed by atoms with E-state index < -0.39 is 5.67 Å². The Morgan fingerprint density at radius 2 is 2.12 bits per heavy atom. The van der Waals surface area contributed by atoms with Crippen LogP contribution in [-0.4, -0.2) is 21.9 Å². The number of fused-ring (bicyclic) bond motifs is 2. The number of rotatable bonds is 1. The lowest BCUT2D eigenvalue weighted by Gasteiger charge is -2.35. The Morgan fingerprint density at radius 1 is 1.50 bits per heavy atom. The van der Waals surface area contributed by atoms with Crippen molar-refractivity contribution >= 4 is 15.9 Å². The van der Waals surface area contributed by atoms with Crippen molar-refractivity contribution < 1.29 is 4.39 Å². The maximum Gasteiger partial charge on any atom is 0.156 e. The number of nitrogens with zero attached hydrogens (tertiary/aromatic N) is 2. The van der Waals surface area contributed by atoms with E-state index in [0.29, 0.717) is 30.6 Å². The Hall–Kier alpha value is -0.420. The second kappa shape index (κ2) is 3.53. The molecule has 0 saturated carbocycles. The maximum absolute atomic E-state index is 15.1. The first-order valence-corrected chi connectivity index (χ1v) is 6.51. The van der Waals surface area contributed by atoms with Gasteiger partial charge in [-0.3, -0.25) is 4.68 Å². The Balaban J connectivity index is 1.99.